The van der Waals surface area contributed by atoms with E-state index in [0.717, 1.165) is 5.69 Å². The fraction of sp³-hybridized carbons (Fsp3) is 0.259. The monoisotopic (exact) mass is 502 g/mol. The van der Waals surface area contributed by atoms with Crippen molar-refractivity contribution in [2.24, 2.45) is 4.99 Å². The van der Waals surface area contributed by atoms with Crippen molar-refractivity contribution in [2.45, 2.75) is 25.5 Å². The van der Waals surface area contributed by atoms with Gasteiger partial charge in [0.05, 0.1) is 23.6 Å². The fourth-order valence-corrected chi connectivity index (χ4v) is 3.94. The van der Waals surface area contributed by atoms with E-state index in [-0.39, 0.29) is 12.3 Å². The number of pyridine rings is 1. The number of hydrogen-bond donors (Lipinski definition) is 4. The molecule has 0 saturated heterocycles. The van der Waals surface area contributed by atoms with E-state index < -0.39 is 24.5 Å². The minimum absolute atomic E-state index is 0.220. The lowest BCUT2D eigenvalue weighted by Crippen LogP contribution is -2.52. The third-order valence-electron chi connectivity index (χ3n) is 6.01. The number of fused-ring (bicyclic) bond motifs is 1. The van der Waals surface area contributed by atoms with E-state index in [1.165, 1.54) is 12.0 Å². The first-order chi connectivity index (χ1) is 17.9. The molecular weight excluding hydrogens is 472 g/mol. The summed E-state index contributed by atoms with van der Waals surface area (Å²) in [6.07, 6.45) is -1.60. The van der Waals surface area contributed by atoms with Gasteiger partial charge in [0.1, 0.15) is 6.10 Å². The number of methoxy groups -OCH3 is 1. The number of aliphatic hydroxyl groups excluding tert-OH is 1. The number of para-hydroxylation sites is 1. The SMILES string of the molecule is CNc1cccc(NC(O)N[C@@H]2N=C(c3ccccn3)c3ccccc3N(CC(=O)[C@@H](C)OC)C2=O)c1. The van der Waals surface area contributed by atoms with Gasteiger partial charge >= 0.3 is 0 Å². The lowest BCUT2D eigenvalue weighted by molar-refractivity contribution is -0.129. The van der Waals surface area contributed by atoms with Crippen LogP contribution in [0, 0.1) is 0 Å². The van der Waals surface area contributed by atoms with Gasteiger partial charge in [0.25, 0.3) is 5.91 Å². The Labute approximate surface area is 215 Å². The fourth-order valence-electron chi connectivity index (χ4n) is 3.94. The minimum Gasteiger partial charge on any atom is -0.388 e. The normalized spacial score (nSPS) is 16.8. The first kappa shape index (κ1) is 26.0. The molecule has 0 fully saturated rings. The number of carbonyl (C=O) groups is 2. The van der Waals surface area contributed by atoms with E-state index in [1.54, 1.807) is 50.5 Å². The number of Topliss-reactive ketones (excluding diaryl/α,β-unsaturated/α-hetero) is 1. The smallest absolute Gasteiger partial charge is 0.267 e. The average Bonchev–Trinajstić information content (AvgIpc) is 3.03. The summed E-state index contributed by atoms with van der Waals surface area (Å²) in [5, 5.41) is 19.6. The van der Waals surface area contributed by atoms with Gasteiger partial charge in [-0.1, -0.05) is 30.3 Å². The van der Waals surface area contributed by atoms with Gasteiger partial charge in [0.15, 0.2) is 18.3 Å². The number of amides is 1. The standard InChI is InChI=1S/C27H30N6O4/c1-17(37-3)23(34)16-33-22-13-5-4-11-20(22)24(21-12-6-7-14-29-21)31-25(26(33)35)32-27(36)30-19-10-8-9-18(15-19)28-2/h4-15,17,25,27-28,30,32,36H,16H2,1-3H3/t17-,25+,27?/m1/s1. The number of nitrogens with one attached hydrogen (secondary N) is 3. The van der Waals surface area contributed by atoms with Gasteiger partial charge in [0, 0.05) is 37.3 Å². The number of nitrogens with zero attached hydrogens (tertiary/aromatic N) is 3. The molecule has 1 unspecified atom stereocenters. The number of ether oxygens (including phenoxy) is 1. The zero-order valence-corrected chi connectivity index (χ0v) is 20.9. The predicted molar refractivity (Wildman–Crippen MR) is 143 cm³/mol. The maximum atomic E-state index is 13.8. The van der Waals surface area contributed by atoms with Crippen LogP contribution in [0.5, 0.6) is 0 Å². The molecule has 4 N–H and O–H groups in total. The number of hydrogen-bond acceptors (Lipinski definition) is 9. The second-order valence-electron chi connectivity index (χ2n) is 8.43. The quantitative estimate of drug-likeness (QED) is 0.311. The Morgan fingerprint density at radius 1 is 1.11 bits per heavy atom. The Morgan fingerprint density at radius 3 is 2.59 bits per heavy atom. The van der Waals surface area contributed by atoms with Crippen LogP contribution in [0.2, 0.25) is 0 Å². The highest BCUT2D eigenvalue weighted by Crippen LogP contribution is 2.28. The Morgan fingerprint density at radius 2 is 1.86 bits per heavy atom. The highest BCUT2D eigenvalue weighted by Gasteiger charge is 2.35. The van der Waals surface area contributed by atoms with E-state index in [9.17, 15) is 14.7 Å². The summed E-state index contributed by atoms with van der Waals surface area (Å²) in [7, 11) is 3.24. The third kappa shape index (κ3) is 6.00. The van der Waals surface area contributed by atoms with Gasteiger partial charge in [-0.25, -0.2) is 5.32 Å². The van der Waals surface area contributed by atoms with Crippen molar-refractivity contribution in [1.29, 1.82) is 0 Å². The number of benzodiazepines with no additional fused rings is 1. The van der Waals surface area contributed by atoms with Crippen LogP contribution in [-0.4, -0.2) is 66.8 Å². The number of anilines is 3. The highest BCUT2D eigenvalue weighted by molar-refractivity contribution is 6.20. The second kappa shape index (κ2) is 11.7. The lowest BCUT2D eigenvalue weighted by atomic mass is 10.0. The Kier molecular flexibility index (Phi) is 8.24. The van der Waals surface area contributed by atoms with Crippen molar-refractivity contribution < 1.29 is 19.4 Å². The summed E-state index contributed by atoms with van der Waals surface area (Å²) in [4.78, 5) is 37.2. The molecule has 192 valence electrons. The van der Waals surface area contributed by atoms with Crippen LogP contribution in [0.25, 0.3) is 0 Å². The van der Waals surface area contributed by atoms with Crippen LogP contribution >= 0.6 is 0 Å². The van der Waals surface area contributed by atoms with Crippen molar-refractivity contribution in [1.82, 2.24) is 10.3 Å². The molecule has 1 aliphatic rings. The topological polar surface area (TPSA) is 128 Å². The summed E-state index contributed by atoms with van der Waals surface area (Å²) < 4.78 is 5.18. The molecule has 0 radical (unpaired) electrons. The highest BCUT2D eigenvalue weighted by atomic mass is 16.5. The van der Waals surface area contributed by atoms with E-state index in [4.69, 9.17) is 9.73 Å². The zero-order chi connectivity index (χ0) is 26.4. The van der Waals surface area contributed by atoms with Gasteiger partial charge in [-0.05, 0) is 43.3 Å². The number of aliphatic imine (C=N–C) groups is 1. The van der Waals surface area contributed by atoms with Crippen molar-refractivity contribution >= 4 is 34.5 Å². The molecule has 10 heteroatoms. The van der Waals surface area contributed by atoms with Gasteiger partial charge in [0.2, 0.25) is 0 Å². The largest absolute Gasteiger partial charge is 0.388 e. The number of aromatic nitrogens is 1. The molecule has 2 aromatic carbocycles. The minimum atomic E-state index is -1.33. The molecule has 2 heterocycles. The predicted octanol–water partition coefficient (Wildman–Crippen LogP) is 2.21. The summed E-state index contributed by atoms with van der Waals surface area (Å²) in [6, 6.07) is 19.9. The molecule has 3 atom stereocenters. The summed E-state index contributed by atoms with van der Waals surface area (Å²) in [5.41, 5.74) is 3.65. The summed E-state index contributed by atoms with van der Waals surface area (Å²) in [6.45, 7) is 1.41. The molecule has 37 heavy (non-hydrogen) atoms. The van der Waals surface area contributed by atoms with Crippen LogP contribution in [0.4, 0.5) is 17.1 Å². The number of carbonyl (C=O) groups excluding carboxylic acids is 2. The maximum absolute atomic E-state index is 13.8. The van der Waals surface area contributed by atoms with Crippen LogP contribution in [0.15, 0.2) is 77.9 Å². The first-order valence-electron chi connectivity index (χ1n) is 11.8. The molecule has 4 rings (SSSR count). The molecule has 0 bridgehead atoms. The maximum Gasteiger partial charge on any atom is 0.267 e. The number of benzene rings is 2. The third-order valence-corrected chi connectivity index (χ3v) is 6.01. The summed E-state index contributed by atoms with van der Waals surface area (Å²) in [5.74, 6) is -0.770. The molecule has 1 amide bonds. The Bertz CT molecular complexity index is 1280. The van der Waals surface area contributed by atoms with E-state index >= 15 is 0 Å². The van der Waals surface area contributed by atoms with E-state index in [0.29, 0.717) is 28.3 Å². The van der Waals surface area contributed by atoms with Crippen LogP contribution in [0.3, 0.4) is 0 Å². The van der Waals surface area contributed by atoms with Crippen molar-refractivity contribution in [3.05, 3.63) is 84.2 Å². The molecule has 0 aliphatic carbocycles. The number of ketones is 1. The van der Waals surface area contributed by atoms with Crippen LogP contribution in [-0.2, 0) is 14.3 Å². The molecule has 0 saturated carbocycles. The Balaban J connectivity index is 1.72. The van der Waals surface area contributed by atoms with Gasteiger partial charge < -0.3 is 25.4 Å². The molecule has 1 aromatic heterocycles. The first-order valence-corrected chi connectivity index (χ1v) is 11.8. The molecule has 10 nitrogen and oxygen atoms in total. The van der Waals surface area contributed by atoms with Crippen LogP contribution < -0.4 is 20.9 Å². The number of rotatable bonds is 10. The lowest BCUT2D eigenvalue weighted by Gasteiger charge is -2.27. The second-order valence-corrected chi connectivity index (χ2v) is 8.43. The van der Waals surface area contributed by atoms with Crippen LogP contribution in [0.1, 0.15) is 18.2 Å². The molecular formula is C27H30N6O4. The van der Waals surface area contributed by atoms with Crippen molar-refractivity contribution in [3.8, 4) is 0 Å². The molecule has 3 aromatic rings. The Hall–Kier alpha value is -4.12. The van der Waals surface area contributed by atoms with Crippen molar-refractivity contribution in [2.75, 3.05) is 36.2 Å². The molecule has 0 spiro atoms. The van der Waals surface area contributed by atoms with Gasteiger partial charge in [-0.15, -0.1) is 0 Å². The van der Waals surface area contributed by atoms with Gasteiger partial charge in [-0.2, -0.15) is 0 Å². The van der Waals surface area contributed by atoms with Crippen molar-refractivity contribution in [3.63, 3.8) is 0 Å². The molecule has 1 aliphatic heterocycles. The summed E-state index contributed by atoms with van der Waals surface area (Å²) >= 11 is 0. The van der Waals surface area contributed by atoms with E-state index in [1.807, 2.05) is 36.4 Å². The zero-order valence-electron chi connectivity index (χ0n) is 20.9. The van der Waals surface area contributed by atoms with E-state index in [2.05, 4.69) is 20.9 Å². The average molecular weight is 503 g/mol. The number of aliphatic hydroxyl groups is 1. The van der Waals surface area contributed by atoms with Gasteiger partial charge in [-0.3, -0.25) is 19.6 Å².